The number of hydrogen-bond acceptors (Lipinski definition) is 8. The molecule has 11 nitrogen and oxygen atoms in total. The summed E-state index contributed by atoms with van der Waals surface area (Å²) in [6.45, 7) is 7.90. The molecule has 0 saturated carbocycles. The SMILES string of the molecule is Cc1ccnc(C(C)C)c1-n1c(=O)nc(N2CCC(N(C)C(=O)n3cnc(F)c3)C[C@@H]2C)c2cc(F)c(-c3c(O)cccc3F)nc21. The summed E-state index contributed by atoms with van der Waals surface area (Å²) in [6.07, 6.45) is 4.68. The Hall–Kier alpha value is -5.27. The number of phenols is 1. The fraction of sp³-hybridized carbons (Fsp3) is 0.333. The summed E-state index contributed by atoms with van der Waals surface area (Å²) in [4.78, 5) is 47.4. The van der Waals surface area contributed by atoms with Gasteiger partial charge >= 0.3 is 11.7 Å². The maximum Gasteiger partial charge on any atom is 0.355 e. The second kappa shape index (κ2) is 12.2. The van der Waals surface area contributed by atoms with Gasteiger partial charge in [0.25, 0.3) is 0 Å². The molecular weight excluding hydrogens is 613 g/mol. The van der Waals surface area contributed by atoms with Gasteiger partial charge in [0.2, 0.25) is 5.95 Å². The molecule has 1 aliphatic heterocycles. The number of anilines is 1. The van der Waals surface area contributed by atoms with E-state index in [1.165, 1.54) is 21.6 Å². The number of aromatic nitrogens is 6. The minimum absolute atomic E-state index is 0.0146. The van der Waals surface area contributed by atoms with Gasteiger partial charge in [0.05, 0.1) is 28.5 Å². The van der Waals surface area contributed by atoms with Crippen LogP contribution in [0, 0.1) is 24.5 Å². The van der Waals surface area contributed by atoms with Crippen molar-refractivity contribution in [3.8, 4) is 22.7 Å². The molecule has 1 N–H and O–H groups in total. The Kier molecular flexibility index (Phi) is 8.20. The van der Waals surface area contributed by atoms with E-state index in [2.05, 4.69) is 19.9 Å². The van der Waals surface area contributed by atoms with E-state index in [4.69, 9.17) is 0 Å². The molecule has 0 radical (unpaired) electrons. The van der Waals surface area contributed by atoms with Crippen LogP contribution in [0.25, 0.3) is 28.0 Å². The molecule has 2 atom stereocenters. The van der Waals surface area contributed by atoms with Crippen LogP contribution in [0.2, 0.25) is 0 Å². The van der Waals surface area contributed by atoms with E-state index in [1.54, 1.807) is 19.3 Å². The number of piperidine rings is 1. The molecule has 0 spiro atoms. The van der Waals surface area contributed by atoms with Crippen LogP contribution < -0.4 is 10.6 Å². The van der Waals surface area contributed by atoms with Gasteiger partial charge in [-0.15, -0.1) is 0 Å². The Bertz CT molecular complexity index is 2060. The van der Waals surface area contributed by atoms with E-state index in [-0.39, 0.29) is 34.9 Å². The van der Waals surface area contributed by atoms with Crippen LogP contribution >= 0.6 is 0 Å². The number of phenolic OH excluding ortho intramolecular Hbond substituents is 1. The van der Waals surface area contributed by atoms with E-state index >= 15 is 8.78 Å². The summed E-state index contributed by atoms with van der Waals surface area (Å²) >= 11 is 0. The number of hydrogen-bond donors (Lipinski definition) is 1. The van der Waals surface area contributed by atoms with Gasteiger partial charge in [-0.2, -0.15) is 9.37 Å². The smallest absolute Gasteiger partial charge is 0.355 e. The molecule has 1 aromatic carbocycles. The molecule has 0 aliphatic carbocycles. The molecule has 0 bridgehead atoms. The number of carbonyl (C=O) groups is 1. The molecule has 244 valence electrons. The van der Waals surface area contributed by atoms with Crippen LogP contribution in [0.15, 0.2) is 53.8 Å². The standard InChI is InChI=1S/C33H33F3N8O3/c1-17(2)27-29(18(3)9-11-37-27)44-31-21(14-23(35)28(39-31)26-22(34)7-6-8-24(26)45)30(40-32(44)46)43-12-10-20(13-19(43)4)41(5)33(47)42-15-25(36)38-16-42/h6-9,11,14-17,19-20,45H,10,12-13H2,1-5H3/t19-,20?/m0/s1. The topological polar surface area (TPSA) is 122 Å². The van der Waals surface area contributed by atoms with Gasteiger partial charge in [-0.05, 0) is 62.4 Å². The Balaban J connectivity index is 1.50. The maximum absolute atomic E-state index is 16.0. The third-order valence-corrected chi connectivity index (χ3v) is 8.70. The van der Waals surface area contributed by atoms with E-state index in [0.29, 0.717) is 36.3 Å². The third-order valence-electron chi connectivity index (χ3n) is 8.70. The molecule has 1 aliphatic rings. The number of imidazole rings is 1. The van der Waals surface area contributed by atoms with Gasteiger partial charge in [-0.1, -0.05) is 19.9 Å². The fourth-order valence-corrected chi connectivity index (χ4v) is 6.29. The van der Waals surface area contributed by atoms with Gasteiger partial charge < -0.3 is 14.9 Å². The van der Waals surface area contributed by atoms with Crippen LogP contribution in [-0.2, 0) is 0 Å². The fourth-order valence-electron chi connectivity index (χ4n) is 6.29. The van der Waals surface area contributed by atoms with Crippen molar-refractivity contribution in [3.05, 3.63) is 88.4 Å². The number of amides is 1. The van der Waals surface area contributed by atoms with Crippen molar-refractivity contribution in [2.45, 2.75) is 58.5 Å². The largest absolute Gasteiger partial charge is 0.507 e. The lowest BCUT2D eigenvalue weighted by atomic mass is 9.97. The number of rotatable bonds is 5. The van der Waals surface area contributed by atoms with E-state index in [9.17, 15) is 19.1 Å². The molecular formula is C33H33F3N8O3. The number of nitrogens with zero attached hydrogens (tertiary/aromatic N) is 8. The highest BCUT2D eigenvalue weighted by Gasteiger charge is 2.34. The van der Waals surface area contributed by atoms with Crippen LogP contribution in [0.1, 0.15) is 50.8 Å². The second-order valence-corrected chi connectivity index (χ2v) is 12.1. The average Bonchev–Trinajstić information content (AvgIpc) is 3.47. The molecule has 1 saturated heterocycles. The van der Waals surface area contributed by atoms with Crippen molar-refractivity contribution in [1.82, 2.24) is 34.0 Å². The molecule has 1 unspecified atom stereocenters. The highest BCUT2D eigenvalue weighted by molar-refractivity contribution is 5.91. The van der Waals surface area contributed by atoms with Gasteiger partial charge in [-0.3, -0.25) is 9.55 Å². The molecule has 1 fully saturated rings. The second-order valence-electron chi connectivity index (χ2n) is 12.1. The quantitative estimate of drug-likeness (QED) is 0.264. The van der Waals surface area contributed by atoms with Crippen molar-refractivity contribution >= 4 is 22.9 Å². The predicted octanol–water partition coefficient (Wildman–Crippen LogP) is 5.55. The van der Waals surface area contributed by atoms with Crippen molar-refractivity contribution < 1.29 is 23.1 Å². The summed E-state index contributed by atoms with van der Waals surface area (Å²) in [5.74, 6) is -3.00. The maximum atomic E-state index is 16.0. The van der Waals surface area contributed by atoms with E-state index in [1.807, 2.05) is 32.6 Å². The van der Waals surface area contributed by atoms with Crippen molar-refractivity contribution in [2.75, 3.05) is 18.5 Å². The normalized spacial score (nSPS) is 16.7. The average molecular weight is 647 g/mol. The van der Waals surface area contributed by atoms with Gasteiger partial charge in [-0.25, -0.2) is 32.9 Å². The first-order valence-electron chi connectivity index (χ1n) is 15.2. The van der Waals surface area contributed by atoms with Crippen LogP contribution in [-0.4, -0.2) is 70.8 Å². The summed E-state index contributed by atoms with van der Waals surface area (Å²) in [5, 5.41) is 10.7. The van der Waals surface area contributed by atoms with Gasteiger partial charge in [0.1, 0.15) is 29.4 Å². The Morgan fingerprint density at radius 3 is 2.53 bits per heavy atom. The minimum Gasteiger partial charge on any atom is -0.507 e. The van der Waals surface area contributed by atoms with Crippen LogP contribution in [0.3, 0.4) is 0 Å². The molecule has 47 heavy (non-hydrogen) atoms. The van der Waals surface area contributed by atoms with Crippen LogP contribution in [0.5, 0.6) is 5.75 Å². The van der Waals surface area contributed by atoms with Crippen molar-refractivity contribution in [3.63, 3.8) is 0 Å². The number of pyridine rings is 2. The summed E-state index contributed by atoms with van der Waals surface area (Å²) in [7, 11) is 1.63. The third kappa shape index (κ3) is 5.57. The predicted molar refractivity (Wildman–Crippen MR) is 169 cm³/mol. The highest BCUT2D eigenvalue weighted by atomic mass is 19.1. The number of aromatic hydroxyl groups is 1. The summed E-state index contributed by atoms with van der Waals surface area (Å²) in [5.41, 5.74) is 0.136. The monoisotopic (exact) mass is 646 g/mol. The lowest BCUT2D eigenvalue weighted by Crippen LogP contribution is -2.51. The number of fused-ring (bicyclic) bond motifs is 1. The zero-order chi connectivity index (χ0) is 33.7. The Morgan fingerprint density at radius 1 is 1.11 bits per heavy atom. The molecule has 14 heteroatoms. The first-order chi connectivity index (χ1) is 22.4. The van der Waals surface area contributed by atoms with E-state index in [0.717, 1.165) is 29.2 Å². The van der Waals surface area contributed by atoms with Gasteiger partial charge in [0, 0.05) is 31.9 Å². The number of halogens is 3. The Labute approximate surface area is 268 Å². The first-order valence-corrected chi connectivity index (χ1v) is 15.2. The summed E-state index contributed by atoms with van der Waals surface area (Å²) in [6, 6.07) is 5.55. The minimum atomic E-state index is -0.918. The molecule has 6 rings (SSSR count). The summed E-state index contributed by atoms with van der Waals surface area (Å²) < 4.78 is 46.8. The molecule has 5 heterocycles. The number of aryl methyl sites for hydroxylation is 1. The zero-order valence-electron chi connectivity index (χ0n) is 26.4. The van der Waals surface area contributed by atoms with E-state index < -0.39 is 46.3 Å². The van der Waals surface area contributed by atoms with Crippen LogP contribution in [0.4, 0.5) is 23.8 Å². The molecule has 1 amide bonds. The first kappa shape index (κ1) is 31.7. The molecule has 4 aromatic heterocycles. The highest BCUT2D eigenvalue weighted by Crippen LogP contribution is 2.37. The van der Waals surface area contributed by atoms with Crippen molar-refractivity contribution in [2.24, 2.45) is 0 Å². The number of carbonyl (C=O) groups excluding carboxylic acids is 1. The van der Waals surface area contributed by atoms with Crippen molar-refractivity contribution in [1.29, 1.82) is 0 Å². The zero-order valence-corrected chi connectivity index (χ0v) is 26.4. The number of benzene rings is 1. The lowest BCUT2D eigenvalue weighted by Gasteiger charge is -2.41. The Morgan fingerprint density at radius 2 is 1.87 bits per heavy atom. The molecule has 5 aromatic rings. The lowest BCUT2D eigenvalue weighted by molar-refractivity contribution is 0.175. The van der Waals surface area contributed by atoms with Gasteiger partial charge in [0.15, 0.2) is 11.5 Å².